The van der Waals surface area contributed by atoms with Crippen LogP contribution in [0.15, 0.2) is 18.3 Å². The Bertz CT molecular complexity index is 662. The summed E-state index contributed by atoms with van der Waals surface area (Å²) in [5.74, 6) is 1.59. The molecule has 2 aromatic rings. The van der Waals surface area contributed by atoms with E-state index < -0.39 is 0 Å². The Morgan fingerprint density at radius 3 is 3.04 bits per heavy atom. The molecule has 23 heavy (non-hydrogen) atoms. The summed E-state index contributed by atoms with van der Waals surface area (Å²) in [6.07, 6.45) is 8.36. The van der Waals surface area contributed by atoms with Gasteiger partial charge in [0.1, 0.15) is 11.3 Å². The molecule has 0 saturated carbocycles. The van der Waals surface area contributed by atoms with Crippen molar-refractivity contribution in [3.8, 4) is 0 Å². The third kappa shape index (κ3) is 2.76. The molecule has 2 unspecified atom stereocenters. The van der Waals surface area contributed by atoms with Gasteiger partial charge >= 0.3 is 0 Å². The first-order chi connectivity index (χ1) is 11.4. The monoisotopic (exact) mass is 314 g/mol. The molecule has 0 radical (unpaired) electrons. The molecule has 2 aromatic heterocycles. The van der Waals surface area contributed by atoms with E-state index >= 15 is 0 Å². The van der Waals surface area contributed by atoms with Gasteiger partial charge in [-0.2, -0.15) is 0 Å². The molecule has 2 aliphatic heterocycles. The molecule has 4 rings (SSSR count). The fourth-order valence-corrected chi connectivity index (χ4v) is 4.11. The standard InChI is InChI=1S/C18H26N4O/c1-2-21-11-4-3-9-16(21)22-17(14-7-6-12-23-13-14)20-15-8-5-10-19-18(15)22/h5,8,10,14,16H,2-4,6-7,9,11-13H2,1H3. The lowest BCUT2D eigenvalue weighted by Crippen LogP contribution is -2.38. The number of hydrogen-bond donors (Lipinski definition) is 0. The van der Waals surface area contributed by atoms with Gasteiger partial charge in [0.25, 0.3) is 0 Å². The molecule has 0 aromatic carbocycles. The van der Waals surface area contributed by atoms with Crippen LogP contribution >= 0.6 is 0 Å². The molecule has 2 atom stereocenters. The molecule has 2 fully saturated rings. The van der Waals surface area contributed by atoms with E-state index in [1.165, 1.54) is 38.1 Å². The summed E-state index contributed by atoms with van der Waals surface area (Å²) in [4.78, 5) is 12.2. The van der Waals surface area contributed by atoms with Crippen LogP contribution in [0, 0.1) is 0 Å². The third-order valence-corrected chi connectivity index (χ3v) is 5.28. The Morgan fingerprint density at radius 1 is 1.26 bits per heavy atom. The van der Waals surface area contributed by atoms with Gasteiger partial charge < -0.3 is 4.74 Å². The highest BCUT2D eigenvalue weighted by Gasteiger charge is 2.30. The van der Waals surface area contributed by atoms with E-state index in [1.807, 2.05) is 12.3 Å². The Morgan fingerprint density at radius 2 is 2.22 bits per heavy atom. The Labute approximate surface area is 137 Å². The van der Waals surface area contributed by atoms with Crippen molar-refractivity contribution in [1.29, 1.82) is 0 Å². The van der Waals surface area contributed by atoms with Gasteiger partial charge in [-0.15, -0.1) is 0 Å². The zero-order valence-electron chi connectivity index (χ0n) is 13.9. The number of hydrogen-bond acceptors (Lipinski definition) is 4. The summed E-state index contributed by atoms with van der Waals surface area (Å²) in [5, 5.41) is 0. The van der Waals surface area contributed by atoms with Gasteiger partial charge in [0.2, 0.25) is 0 Å². The number of piperidine rings is 1. The van der Waals surface area contributed by atoms with Crippen molar-refractivity contribution in [2.45, 2.75) is 51.1 Å². The van der Waals surface area contributed by atoms with Gasteiger partial charge in [0.15, 0.2) is 5.65 Å². The van der Waals surface area contributed by atoms with Crippen molar-refractivity contribution in [3.63, 3.8) is 0 Å². The molecule has 0 amide bonds. The van der Waals surface area contributed by atoms with Crippen LogP contribution in [0.2, 0.25) is 0 Å². The van der Waals surface area contributed by atoms with Crippen LogP contribution < -0.4 is 0 Å². The molecule has 2 aliphatic rings. The minimum Gasteiger partial charge on any atom is -0.381 e. The Balaban J connectivity index is 1.81. The number of likely N-dealkylation sites (tertiary alicyclic amines) is 1. The molecule has 2 saturated heterocycles. The highest BCUT2D eigenvalue weighted by Crippen LogP contribution is 2.34. The Hall–Kier alpha value is -1.46. The molecule has 0 spiro atoms. The van der Waals surface area contributed by atoms with Crippen molar-refractivity contribution in [2.24, 2.45) is 0 Å². The number of pyridine rings is 1. The lowest BCUT2D eigenvalue weighted by molar-refractivity contribution is 0.0678. The van der Waals surface area contributed by atoms with Crippen molar-refractivity contribution in [1.82, 2.24) is 19.4 Å². The van der Waals surface area contributed by atoms with Crippen molar-refractivity contribution >= 4 is 11.2 Å². The normalized spacial score (nSPS) is 26.7. The molecule has 124 valence electrons. The lowest BCUT2D eigenvalue weighted by atomic mass is 10.0. The van der Waals surface area contributed by atoms with E-state index in [2.05, 4.69) is 27.4 Å². The minimum absolute atomic E-state index is 0.394. The van der Waals surface area contributed by atoms with Gasteiger partial charge in [0, 0.05) is 25.3 Å². The second-order valence-corrected chi connectivity index (χ2v) is 6.71. The van der Waals surface area contributed by atoms with E-state index in [0.29, 0.717) is 12.1 Å². The second kappa shape index (κ2) is 6.57. The van der Waals surface area contributed by atoms with Crippen molar-refractivity contribution in [2.75, 3.05) is 26.3 Å². The third-order valence-electron chi connectivity index (χ3n) is 5.28. The highest BCUT2D eigenvalue weighted by atomic mass is 16.5. The summed E-state index contributed by atoms with van der Waals surface area (Å²) in [5.41, 5.74) is 2.06. The average molecular weight is 314 g/mol. The smallest absolute Gasteiger partial charge is 0.161 e. The van der Waals surface area contributed by atoms with E-state index in [0.717, 1.165) is 37.3 Å². The largest absolute Gasteiger partial charge is 0.381 e. The number of aromatic nitrogens is 3. The molecule has 0 N–H and O–H groups in total. The molecule has 0 bridgehead atoms. The zero-order chi connectivity index (χ0) is 15.6. The van der Waals surface area contributed by atoms with Gasteiger partial charge in [-0.1, -0.05) is 6.92 Å². The SMILES string of the molecule is CCN1CCCCC1n1c(C2CCCOC2)nc2cccnc21. The fourth-order valence-electron chi connectivity index (χ4n) is 4.11. The van der Waals surface area contributed by atoms with Gasteiger partial charge in [-0.25, -0.2) is 9.97 Å². The van der Waals surface area contributed by atoms with Gasteiger partial charge in [0.05, 0.1) is 12.8 Å². The molecular weight excluding hydrogens is 288 g/mol. The number of rotatable bonds is 3. The predicted octanol–water partition coefficient (Wildman–Crippen LogP) is 3.33. The van der Waals surface area contributed by atoms with E-state index in [-0.39, 0.29) is 0 Å². The first-order valence-corrected chi connectivity index (χ1v) is 9.03. The van der Waals surface area contributed by atoms with E-state index in [9.17, 15) is 0 Å². The van der Waals surface area contributed by atoms with Crippen molar-refractivity contribution in [3.05, 3.63) is 24.2 Å². The maximum Gasteiger partial charge on any atom is 0.161 e. The van der Waals surface area contributed by atoms with Crippen LogP contribution in [0.4, 0.5) is 0 Å². The minimum atomic E-state index is 0.394. The molecule has 4 heterocycles. The van der Waals surface area contributed by atoms with Crippen LogP contribution in [-0.2, 0) is 4.74 Å². The van der Waals surface area contributed by atoms with Crippen LogP contribution in [-0.4, -0.2) is 45.7 Å². The summed E-state index contributed by atoms with van der Waals surface area (Å²) >= 11 is 0. The Kier molecular flexibility index (Phi) is 4.31. The summed E-state index contributed by atoms with van der Waals surface area (Å²) in [6.45, 7) is 6.20. The summed E-state index contributed by atoms with van der Waals surface area (Å²) < 4.78 is 8.17. The van der Waals surface area contributed by atoms with Crippen LogP contribution in [0.5, 0.6) is 0 Å². The topological polar surface area (TPSA) is 43.2 Å². The first kappa shape index (κ1) is 15.1. The summed E-state index contributed by atoms with van der Waals surface area (Å²) in [7, 11) is 0. The highest BCUT2D eigenvalue weighted by molar-refractivity contribution is 5.71. The van der Waals surface area contributed by atoms with E-state index in [1.54, 1.807) is 0 Å². The summed E-state index contributed by atoms with van der Waals surface area (Å²) in [6, 6.07) is 4.07. The maximum atomic E-state index is 5.74. The quantitative estimate of drug-likeness (QED) is 0.871. The van der Waals surface area contributed by atoms with Crippen LogP contribution in [0.1, 0.15) is 56.9 Å². The first-order valence-electron chi connectivity index (χ1n) is 9.03. The van der Waals surface area contributed by atoms with Gasteiger partial charge in [-0.05, 0) is 50.8 Å². The zero-order valence-corrected chi connectivity index (χ0v) is 13.9. The molecule has 5 nitrogen and oxygen atoms in total. The lowest BCUT2D eigenvalue weighted by Gasteiger charge is -2.37. The fraction of sp³-hybridized carbons (Fsp3) is 0.667. The number of fused-ring (bicyclic) bond motifs is 1. The number of ether oxygens (including phenoxy) is 1. The number of imidazole rings is 1. The molecule has 5 heteroatoms. The second-order valence-electron chi connectivity index (χ2n) is 6.71. The molecule has 0 aliphatic carbocycles. The van der Waals surface area contributed by atoms with Crippen LogP contribution in [0.25, 0.3) is 11.2 Å². The van der Waals surface area contributed by atoms with Gasteiger partial charge in [-0.3, -0.25) is 9.47 Å². The van der Waals surface area contributed by atoms with E-state index in [4.69, 9.17) is 9.72 Å². The predicted molar refractivity (Wildman–Crippen MR) is 90.5 cm³/mol. The molecular formula is C18H26N4O. The van der Waals surface area contributed by atoms with Crippen molar-refractivity contribution < 1.29 is 4.74 Å². The maximum absolute atomic E-state index is 5.74. The van der Waals surface area contributed by atoms with Crippen LogP contribution in [0.3, 0.4) is 0 Å². The number of nitrogens with zero attached hydrogens (tertiary/aromatic N) is 4. The average Bonchev–Trinajstić information content (AvgIpc) is 3.02.